The minimum atomic E-state index is -7.22. The minimum absolute atomic E-state index is 1.13. The van der Waals surface area contributed by atoms with Gasteiger partial charge in [0.25, 0.3) is 0 Å². The summed E-state index contributed by atoms with van der Waals surface area (Å²) < 4.78 is 124. The van der Waals surface area contributed by atoms with Crippen LogP contribution in [0.3, 0.4) is 0 Å². The second kappa shape index (κ2) is 7.44. The van der Waals surface area contributed by atoms with Crippen LogP contribution in [0.4, 0.5) is 35.1 Å². The zero-order chi connectivity index (χ0) is 19.6. The van der Waals surface area contributed by atoms with Crippen molar-refractivity contribution in [2.24, 2.45) is 0 Å². The molecule has 3 nitrogen and oxygen atoms in total. The van der Waals surface area contributed by atoms with Crippen molar-refractivity contribution < 1.29 is 48.1 Å². The molecule has 1 rings (SSSR count). The highest BCUT2D eigenvalue weighted by atomic mass is 32.2. The quantitative estimate of drug-likeness (QED) is 0.439. The van der Waals surface area contributed by atoms with E-state index in [0.717, 1.165) is 4.90 Å². The fraction of sp³-hybridized carbons (Fsp3) is 0.455. The van der Waals surface area contributed by atoms with Gasteiger partial charge in [-0.2, -0.15) is 26.3 Å². The van der Waals surface area contributed by atoms with E-state index in [1.807, 2.05) is 12.1 Å². The number of aryl methyl sites for hydroxylation is 1. The molecule has 0 spiro atoms. The van der Waals surface area contributed by atoms with Crippen LogP contribution >= 0.6 is 0 Å². The van der Waals surface area contributed by atoms with Gasteiger partial charge >= 0.3 is 23.5 Å². The van der Waals surface area contributed by atoms with E-state index in [2.05, 4.69) is 31.7 Å². The highest BCUT2D eigenvalue weighted by Gasteiger charge is 2.78. The Balaban J connectivity index is 0.000000546. The third-order valence-corrected chi connectivity index (χ3v) is 3.64. The van der Waals surface area contributed by atoms with Gasteiger partial charge in [-0.25, -0.2) is 17.2 Å². The molecule has 0 heterocycles. The Morgan fingerprint density at radius 3 is 1.62 bits per heavy atom. The lowest BCUT2D eigenvalue weighted by molar-refractivity contribution is -0.316. The second-order valence-corrected chi connectivity index (χ2v) is 6.33. The number of hydrogen-bond donors (Lipinski definition) is 0. The topological polar surface area (TPSA) is 57.2 Å². The maximum Gasteiger partial charge on any atom is 0.402 e. The smallest absolute Gasteiger partial charge is 0.402 e. The van der Waals surface area contributed by atoms with Crippen LogP contribution in [0.15, 0.2) is 29.2 Å². The fourth-order valence-corrected chi connectivity index (χ4v) is 1.66. The van der Waals surface area contributed by atoms with E-state index in [0.29, 0.717) is 0 Å². The second-order valence-electron chi connectivity index (χ2n) is 4.33. The summed E-state index contributed by atoms with van der Waals surface area (Å²) in [6.45, 7) is 2.08. The zero-order valence-electron chi connectivity index (χ0n) is 11.5. The molecule has 0 radical (unpaired) electrons. The predicted octanol–water partition coefficient (Wildman–Crippen LogP) is 3.03. The van der Waals surface area contributed by atoms with Gasteiger partial charge in [-0.15, -0.1) is 0 Å². The number of halogens is 8. The van der Waals surface area contributed by atoms with Gasteiger partial charge in [0.15, 0.2) is 10.1 Å². The summed E-state index contributed by atoms with van der Waals surface area (Å²) in [5.41, 5.74) is 1.30. The first-order valence-electron chi connectivity index (χ1n) is 5.63. The number of benzene rings is 1. The summed E-state index contributed by atoms with van der Waals surface area (Å²) in [7, 11) is -7.22. The average Bonchev–Trinajstić information content (AvgIpc) is 2.41. The molecule has 0 saturated heterocycles. The molecule has 0 saturated carbocycles. The van der Waals surface area contributed by atoms with Gasteiger partial charge in [0.05, 0.1) is 0 Å². The molecule has 0 aliphatic rings. The van der Waals surface area contributed by atoms with E-state index in [-0.39, 0.29) is 0 Å². The molecule has 1 aromatic carbocycles. The van der Waals surface area contributed by atoms with E-state index in [1.54, 1.807) is 0 Å². The normalized spacial score (nSPS) is 13.5. The molecule has 0 fully saturated rings. The first kappa shape index (κ1) is 22.9. The largest absolute Gasteiger partial charge is 0.743 e. The van der Waals surface area contributed by atoms with Crippen LogP contribution in [0, 0.1) is 6.92 Å². The van der Waals surface area contributed by atoms with Crippen molar-refractivity contribution in [1.29, 1.82) is 0 Å². The summed E-state index contributed by atoms with van der Waals surface area (Å²) in [5, 5.41) is -6.85. The van der Waals surface area contributed by atoms with Gasteiger partial charge < -0.3 is 4.55 Å². The molecular formula is C11H10F8O3S2. The van der Waals surface area contributed by atoms with Crippen molar-refractivity contribution >= 4 is 22.7 Å². The van der Waals surface area contributed by atoms with E-state index in [9.17, 15) is 48.1 Å². The van der Waals surface area contributed by atoms with Crippen molar-refractivity contribution in [1.82, 2.24) is 0 Å². The fourth-order valence-electron chi connectivity index (χ4n) is 1.04. The van der Waals surface area contributed by atoms with Crippen LogP contribution in [0.2, 0.25) is 0 Å². The maximum absolute atomic E-state index is 12.2. The summed E-state index contributed by atoms with van der Waals surface area (Å²) in [5.74, 6) is -13.7. The van der Waals surface area contributed by atoms with Gasteiger partial charge in [0.1, 0.15) is 4.90 Å². The lowest BCUT2D eigenvalue weighted by atomic mass is 10.2. The molecule has 1 aromatic rings. The Morgan fingerprint density at radius 1 is 1.00 bits per heavy atom. The van der Waals surface area contributed by atoms with Crippen molar-refractivity contribution in [3.63, 3.8) is 0 Å². The van der Waals surface area contributed by atoms with Crippen LogP contribution in [-0.4, -0.2) is 36.5 Å². The molecule has 140 valence electrons. The van der Waals surface area contributed by atoms with Crippen molar-refractivity contribution in [3.8, 4) is 0 Å². The van der Waals surface area contributed by atoms with Crippen LogP contribution < -0.4 is 0 Å². The van der Waals surface area contributed by atoms with E-state index in [4.69, 9.17) is 0 Å². The van der Waals surface area contributed by atoms with E-state index < -0.39 is 33.6 Å². The SMILES string of the molecule is Cc1ccc([SH2+])cc1.O=S(=O)([O-])C(F)(F)C(F)(F)C(F)(F)C(F)F. The first-order chi connectivity index (χ1) is 10.5. The Bertz CT molecular complexity index is 623. The molecule has 0 unspecified atom stereocenters. The zero-order valence-corrected chi connectivity index (χ0v) is 13.4. The lowest BCUT2D eigenvalue weighted by Gasteiger charge is -2.33. The molecule has 0 bridgehead atoms. The predicted molar refractivity (Wildman–Crippen MR) is 70.1 cm³/mol. The summed E-state index contributed by atoms with van der Waals surface area (Å²) in [4.78, 5) is 1.13. The van der Waals surface area contributed by atoms with Crippen LogP contribution in [-0.2, 0) is 22.7 Å². The minimum Gasteiger partial charge on any atom is -0.743 e. The summed E-state index contributed by atoms with van der Waals surface area (Å²) in [6.07, 6.45) is -5.27. The number of hydrogen-bond acceptors (Lipinski definition) is 3. The number of rotatable bonds is 4. The number of alkyl halides is 8. The van der Waals surface area contributed by atoms with Gasteiger partial charge in [-0.3, -0.25) is 0 Å². The molecular weight excluding hydrogens is 396 g/mol. The molecule has 0 aliphatic carbocycles. The Morgan fingerprint density at radius 2 is 1.38 bits per heavy atom. The van der Waals surface area contributed by atoms with Crippen molar-refractivity contribution in [2.75, 3.05) is 0 Å². The van der Waals surface area contributed by atoms with Gasteiger partial charge in [0, 0.05) is 0 Å². The van der Waals surface area contributed by atoms with Crippen molar-refractivity contribution in [3.05, 3.63) is 29.8 Å². The van der Waals surface area contributed by atoms with Crippen LogP contribution in [0.5, 0.6) is 0 Å². The Hall–Kier alpha value is -1.08. The highest BCUT2D eigenvalue weighted by molar-refractivity contribution is 7.86. The standard InChI is InChI=1S/C7H8S.C4H2F8O3S/c1-6-2-4-7(8)5-3-6;5-1(6)2(7,8)3(9,10)4(11,12)16(13,14)15/h2-5,8H,1H3;1H,(H,13,14,15). The third kappa shape index (κ3) is 4.72. The van der Waals surface area contributed by atoms with E-state index in [1.165, 1.54) is 5.56 Å². The van der Waals surface area contributed by atoms with Crippen LogP contribution in [0.25, 0.3) is 0 Å². The summed E-state index contributed by atoms with van der Waals surface area (Å²) >= 11 is 3.39. The monoisotopic (exact) mass is 406 g/mol. The average molecular weight is 406 g/mol. The van der Waals surface area contributed by atoms with Gasteiger partial charge in [-0.05, 0) is 31.7 Å². The first-order valence-corrected chi connectivity index (χ1v) is 7.54. The third-order valence-electron chi connectivity index (χ3n) is 2.42. The molecule has 0 aliphatic heterocycles. The van der Waals surface area contributed by atoms with Crippen molar-refractivity contribution in [2.45, 2.75) is 35.3 Å². The molecule has 0 aromatic heterocycles. The van der Waals surface area contributed by atoms with Gasteiger partial charge in [0.2, 0.25) is 0 Å². The Labute approximate surface area is 136 Å². The van der Waals surface area contributed by atoms with Gasteiger partial charge in [-0.1, -0.05) is 17.7 Å². The van der Waals surface area contributed by atoms with E-state index >= 15 is 0 Å². The molecule has 0 amide bonds. The summed E-state index contributed by atoms with van der Waals surface area (Å²) in [6, 6.07) is 8.21. The van der Waals surface area contributed by atoms with Crippen LogP contribution in [0.1, 0.15) is 5.56 Å². The lowest BCUT2D eigenvalue weighted by Crippen LogP contribution is -2.60. The molecule has 0 atom stereocenters. The Kier molecular flexibility index (Phi) is 7.10. The maximum atomic E-state index is 12.2. The molecule has 24 heavy (non-hydrogen) atoms. The molecule has 0 N–H and O–H groups in total. The highest BCUT2D eigenvalue weighted by Crippen LogP contribution is 2.50. The molecule has 13 heteroatoms.